The summed E-state index contributed by atoms with van der Waals surface area (Å²) in [5.41, 5.74) is -0.0383. The molecular formula is C26H19F3N2O4S2. The molecule has 2 aliphatic heterocycles. The lowest BCUT2D eigenvalue weighted by molar-refractivity contribution is -0.137. The number of carbonyl (C=O) groups is 2. The minimum atomic E-state index is -4.59. The summed E-state index contributed by atoms with van der Waals surface area (Å²) in [5, 5.41) is 10.6. The van der Waals surface area contributed by atoms with Gasteiger partial charge in [0.1, 0.15) is 5.75 Å². The molecule has 2 aromatic carbocycles. The number of amides is 2. The number of aromatic amines is 1. The molecule has 3 heterocycles. The number of rotatable bonds is 2. The van der Waals surface area contributed by atoms with E-state index in [1.165, 1.54) is 12.1 Å². The van der Waals surface area contributed by atoms with E-state index in [4.69, 9.17) is 0 Å². The molecule has 0 spiro atoms. The maximum atomic E-state index is 13.7. The van der Waals surface area contributed by atoms with Crippen LogP contribution in [0.5, 0.6) is 5.75 Å². The summed E-state index contributed by atoms with van der Waals surface area (Å²) < 4.78 is 40.0. The number of phenols is 1. The van der Waals surface area contributed by atoms with Crippen LogP contribution < -0.4 is 9.77 Å². The fourth-order valence-corrected chi connectivity index (χ4v) is 10.0. The molecule has 1 saturated heterocycles. The molecule has 37 heavy (non-hydrogen) atoms. The van der Waals surface area contributed by atoms with Crippen molar-refractivity contribution in [1.82, 2.24) is 4.98 Å². The number of thiazole rings is 1. The van der Waals surface area contributed by atoms with Crippen LogP contribution in [0.4, 0.5) is 18.9 Å². The first kappa shape index (κ1) is 23.1. The molecule has 3 aromatic rings. The summed E-state index contributed by atoms with van der Waals surface area (Å²) in [6.45, 7) is 0. The molecule has 7 rings (SSSR count). The van der Waals surface area contributed by atoms with Crippen molar-refractivity contribution in [3.05, 3.63) is 74.2 Å². The smallest absolute Gasteiger partial charge is 0.416 e. The van der Waals surface area contributed by atoms with E-state index in [9.17, 15) is 32.7 Å². The first-order valence-corrected chi connectivity index (χ1v) is 13.6. The van der Waals surface area contributed by atoms with Crippen molar-refractivity contribution < 1.29 is 27.9 Å². The SMILES string of the molecule is O=C1[C@H]2[C@H]3C[C@@H]([C@@H]2C(=O)N1c1cccc(C(F)(F)F)c1)[C@H]1[C@H](c2ccc(O)cc2)c2sc(=O)[nH]c2S[C@H]31. The van der Waals surface area contributed by atoms with Gasteiger partial charge in [0.05, 0.1) is 28.1 Å². The number of nitrogens with zero attached hydrogens (tertiary/aromatic N) is 1. The van der Waals surface area contributed by atoms with Gasteiger partial charge in [0, 0.05) is 16.0 Å². The van der Waals surface area contributed by atoms with E-state index < -0.39 is 35.4 Å². The minimum absolute atomic E-state index is 0.0268. The van der Waals surface area contributed by atoms with Crippen LogP contribution in [-0.2, 0) is 15.8 Å². The van der Waals surface area contributed by atoms with Gasteiger partial charge in [-0.2, -0.15) is 13.2 Å². The number of anilines is 1. The zero-order chi connectivity index (χ0) is 25.8. The van der Waals surface area contributed by atoms with Gasteiger partial charge in [-0.3, -0.25) is 19.3 Å². The minimum Gasteiger partial charge on any atom is -0.508 e. The molecule has 2 amide bonds. The van der Waals surface area contributed by atoms with Crippen LogP contribution in [0, 0.1) is 29.6 Å². The number of aromatic hydroxyl groups is 1. The summed E-state index contributed by atoms with van der Waals surface area (Å²) >= 11 is 2.68. The highest BCUT2D eigenvalue weighted by atomic mass is 32.2. The van der Waals surface area contributed by atoms with Gasteiger partial charge >= 0.3 is 11.0 Å². The number of thioether (sulfide) groups is 1. The summed E-state index contributed by atoms with van der Waals surface area (Å²) in [4.78, 5) is 44.2. The number of nitrogens with one attached hydrogen (secondary N) is 1. The first-order valence-electron chi connectivity index (χ1n) is 11.9. The maximum absolute atomic E-state index is 13.7. The molecule has 2 aliphatic carbocycles. The van der Waals surface area contributed by atoms with Gasteiger partial charge in [-0.1, -0.05) is 29.5 Å². The Bertz CT molecular complexity index is 1510. The summed E-state index contributed by atoms with van der Waals surface area (Å²) in [5.74, 6) is -2.45. The Morgan fingerprint density at radius 1 is 0.973 bits per heavy atom. The molecule has 0 radical (unpaired) electrons. The van der Waals surface area contributed by atoms with E-state index >= 15 is 0 Å². The average Bonchev–Trinajstić information content (AvgIpc) is 3.58. The van der Waals surface area contributed by atoms with Crippen LogP contribution in [0.2, 0.25) is 0 Å². The number of halogens is 3. The van der Waals surface area contributed by atoms with Crippen molar-refractivity contribution in [1.29, 1.82) is 0 Å². The fourth-order valence-electron chi connectivity index (χ4n) is 7.15. The largest absolute Gasteiger partial charge is 0.508 e. The molecule has 3 fully saturated rings. The third-order valence-electron chi connectivity index (χ3n) is 8.41. The molecular weight excluding hydrogens is 525 g/mol. The van der Waals surface area contributed by atoms with Crippen LogP contribution in [0.25, 0.3) is 0 Å². The Labute approximate surface area is 216 Å². The van der Waals surface area contributed by atoms with Crippen LogP contribution in [0.15, 0.2) is 58.4 Å². The second-order valence-corrected chi connectivity index (χ2v) is 12.3. The Morgan fingerprint density at radius 3 is 2.38 bits per heavy atom. The quantitative estimate of drug-likeness (QED) is 0.451. The maximum Gasteiger partial charge on any atom is 0.416 e. The van der Waals surface area contributed by atoms with Crippen LogP contribution in [0.1, 0.15) is 28.3 Å². The molecule has 6 nitrogen and oxygen atoms in total. The number of H-pyrrole nitrogens is 1. The summed E-state index contributed by atoms with van der Waals surface area (Å²) in [7, 11) is 0. The predicted molar refractivity (Wildman–Crippen MR) is 131 cm³/mol. The molecule has 2 bridgehead atoms. The number of fused-ring (bicyclic) bond motifs is 9. The van der Waals surface area contributed by atoms with Crippen molar-refractivity contribution in [2.75, 3.05) is 4.90 Å². The third-order valence-corrected chi connectivity index (χ3v) is 11.0. The number of imide groups is 1. The number of hydrogen-bond donors (Lipinski definition) is 2. The second kappa shape index (κ2) is 7.73. The van der Waals surface area contributed by atoms with E-state index in [0.717, 1.165) is 43.8 Å². The number of hydrogen-bond acceptors (Lipinski definition) is 6. The summed E-state index contributed by atoms with van der Waals surface area (Å²) in [6.07, 6.45) is -3.91. The Hall–Kier alpha value is -3.05. The highest BCUT2D eigenvalue weighted by Crippen LogP contribution is 2.68. The number of phenolic OH excluding ortho intramolecular Hbond substituents is 1. The van der Waals surface area contributed by atoms with Gasteiger partial charge in [-0.25, -0.2) is 0 Å². The number of carbonyl (C=O) groups excluding carboxylic acids is 2. The van der Waals surface area contributed by atoms with Gasteiger partial charge in [0.15, 0.2) is 0 Å². The standard InChI is InChI=1S/C26H19F3N2O4S2/c27-26(28,29)11-2-1-3-12(8-11)31-23(33)18-14-9-15(19(18)24(31)34)20-17(14)16(10-4-6-13(32)7-5-10)21-22(36-20)30-25(35)37-21/h1-8,14-20,32H,9H2,(H,30,35)/t14-,15-,16+,17+,18+,19+,20-/m1/s1. The molecule has 1 aromatic heterocycles. The molecule has 0 unspecified atom stereocenters. The van der Waals surface area contributed by atoms with Crippen LogP contribution in [0.3, 0.4) is 0 Å². The molecule has 7 atom stereocenters. The third kappa shape index (κ3) is 3.22. The van der Waals surface area contributed by atoms with Crippen molar-refractivity contribution in [2.45, 2.75) is 28.8 Å². The Balaban J connectivity index is 1.30. The highest BCUT2D eigenvalue weighted by molar-refractivity contribution is 8.00. The molecule has 4 aliphatic rings. The zero-order valence-electron chi connectivity index (χ0n) is 18.9. The lowest BCUT2D eigenvalue weighted by atomic mass is 9.68. The van der Waals surface area contributed by atoms with Gasteiger partial charge < -0.3 is 10.1 Å². The number of benzene rings is 2. The second-order valence-electron chi connectivity index (χ2n) is 10.1. The molecule has 2 N–H and O–H groups in total. The van der Waals surface area contributed by atoms with E-state index in [0.29, 0.717) is 6.42 Å². The number of aromatic nitrogens is 1. The number of alkyl halides is 3. The van der Waals surface area contributed by atoms with Gasteiger partial charge in [-0.15, -0.1) is 11.8 Å². The molecule has 11 heteroatoms. The Kier molecular flexibility index (Phi) is 4.83. The van der Waals surface area contributed by atoms with Crippen molar-refractivity contribution in [2.24, 2.45) is 29.6 Å². The Morgan fingerprint density at radius 2 is 1.68 bits per heavy atom. The van der Waals surface area contributed by atoms with E-state index in [2.05, 4.69) is 4.98 Å². The lowest BCUT2D eigenvalue weighted by Crippen LogP contribution is -2.42. The molecule has 2 saturated carbocycles. The van der Waals surface area contributed by atoms with E-state index in [1.807, 2.05) is 12.1 Å². The van der Waals surface area contributed by atoms with Crippen LogP contribution >= 0.6 is 23.1 Å². The topological polar surface area (TPSA) is 90.5 Å². The predicted octanol–water partition coefficient (Wildman–Crippen LogP) is 4.84. The van der Waals surface area contributed by atoms with Crippen molar-refractivity contribution >= 4 is 40.6 Å². The fraction of sp³-hybridized carbons (Fsp3) is 0.346. The van der Waals surface area contributed by atoms with Gasteiger partial charge in [0.2, 0.25) is 11.8 Å². The van der Waals surface area contributed by atoms with E-state index in [-0.39, 0.29) is 45.2 Å². The normalized spacial score (nSPS) is 32.0. The zero-order valence-corrected chi connectivity index (χ0v) is 20.6. The molecule has 190 valence electrons. The van der Waals surface area contributed by atoms with Gasteiger partial charge in [0.25, 0.3) is 0 Å². The van der Waals surface area contributed by atoms with E-state index in [1.54, 1.807) is 23.9 Å². The first-order chi connectivity index (χ1) is 17.6. The lowest BCUT2D eigenvalue weighted by Gasteiger charge is -2.43. The van der Waals surface area contributed by atoms with Crippen molar-refractivity contribution in [3.63, 3.8) is 0 Å². The highest BCUT2D eigenvalue weighted by Gasteiger charge is 2.69. The monoisotopic (exact) mass is 544 g/mol. The summed E-state index contributed by atoms with van der Waals surface area (Å²) in [6, 6.07) is 11.2. The average molecular weight is 545 g/mol. The van der Waals surface area contributed by atoms with Crippen LogP contribution in [-0.4, -0.2) is 27.2 Å². The van der Waals surface area contributed by atoms with Crippen molar-refractivity contribution in [3.8, 4) is 5.75 Å². The van der Waals surface area contributed by atoms with Gasteiger partial charge in [-0.05, 0) is 60.1 Å².